The van der Waals surface area contributed by atoms with Crippen LogP contribution in [-0.4, -0.2) is 27.5 Å². The van der Waals surface area contributed by atoms with Crippen LogP contribution in [0, 0.1) is 6.07 Å². The Morgan fingerprint density at radius 2 is 1.65 bits per heavy atom. The van der Waals surface area contributed by atoms with Crippen LogP contribution in [0.25, 0.3) is 56.1 Å². The number of fused-ring (bicyclic) bond motifs is 3. The largest absolute Gasteiger partial charge is 0.361 e. The summed E-state index contributed by atoms with van der Waals surface area (Å²) in [6.07, 6.45) is 5.64. The summed E-state index contributed by atoms with van der Waals surface area (Å²) in [6, 6.07) is 29.0. The van der Waals surface area contributed by atoms with Crippen molar-refractivity contribution < 1.29 is 33.1 Å². The molecule has 6 aromatic rings. The van der Waals surface area contributed by atoms with Crippen LogP contribution in [0.2, 0.25) is 0 Å². The fourth-order valence-electron chi connectivity index (χ4n) is 4.68. The summed E-state index contributed by atoms with van der Waals surface area (Å²) in [6.45, 7) is 0. The maximum Gasteiger partial charge on any atom is 0.312 e. The molecule has 37 heavy (non-hydrogen) atoms. The number of pyridine rings is 2. The Kier molecular flexibility index (Phi) is 6.52. The first kappa shape index (κ1) is 25.0. The van der Waals surface area contributed by atoms with Gasteiger partial charge < -0.3 is 4.57 Å². The fourth-order valence-corrected chi connectivity index (χ4v) is 5.12. The molecule has 0 unspecified atom stereocenters. The molecular formula is C29H20IrN3O3S-. The van der Waals surface area contributed by atoms with Gasteiger partial charge in [0.05, 0.1) is 5.52 Å². The number of aryl methyl sites for hydroxylation is 1. The minimum Gasteiger partial charge on any atom is -0.361 e. The average molecular weight is 683 g/mol. The van der Waals surface area contributed by atoms with E-state index in [0.29, 0.717) is 0 Å². The predicted molar refractivity (Wildman–Crippen MR) is 143 cm³/mol. The first-order valence-electron chi connectivity index (χ1n) is 11.3. The van der Waals surface area contributed by atoms with Crippen LogP contribution in [0.1, 0.15) is 11.1 Å². The normalized spacial score (nSPS) is 11.9. The topological polar surface area (TPSA) is 85.1 Å². The van der Waals surface area contributed by atoms with Gasteiger partial charge in [-0.15, -0.1) is 23.8 Å². The van der Waals surface area contributed by atoms with Crippen molar-refractivity contribution in [1.29, 1.82) is 0 Å². The quantitative estimate of drug-likeness (QED) is 0.175. The Hall–Kier alpha value is -3.68. The fraction of sp³-hybridized carbons (Fsp3) is 0.0345. The van der Waals surface area contributed by atoms with Crippen molar-refractivity contribution in [2.45, 2.75) is 5.03 Å². The second-order valence-corrected chi connectivity index (χ2v) is 9.90. The number of benzene rings is 3. The molecule has 0 bridgehead atoms. The molecule has 0 fully saturated rings. The van der Waals surface area contributed by atoms with Gasteiger partial charge in [0.2, 0.25) is 0 Å². The van der Waals surface area contributed by atoms with E-state index in [0.717, 1.165) is 16.8 Å². The molecule has 0 saturated heterocycles. The summed E-state index contributed by atoms with van der Waals surface area (Å²) in [7, 11) is -1.99. The molecule has 3 aromatic carbocycles. The van der Waals surface area contributed by atoms with E-state index in [-0.39, 0.29) is 25.1 Å². The van der Waals surface area contributed by atoms with E-state index in [1.54, 1.807) is 6.07 Å². The Morgan fingerprint density at radius 3 is 2.41 bits per heavy atom. The molecule has 185 valence electrons. The van der Waals surface area contributed by atoms with Gasteiger partial charge in [-0.2, -0.15) is 8.42 Å². The third kappa shape index (κ3) is 4.49. The molecule has 3 heterocycles. The summed E-state index contributed by atoms with van der Waals surface area (Å²) in [5.41, 5.74) is 8.00. The number of rotatable bonds is 2. The van der Waals surface area contributed by atoms with Crippen LogP contribution in [0.4, 0.5) is 0 Å². The van der Waals surface area contributed by atoms with E-state index in [2.05, 4.69) is 95.5 Å². The molecule has 1 N–H and O–H groups in total. The number of nitrogens with zero attached hydrogens (tertiary/aromatic N) is 3. The van der Waals surface area contributed by atoms with Gasteiger partial charge in [0.15, 0.2) is 5.03 Å². The number of hydrogen-bond donors (Lipinski definition) is 1. The van der Waals surface area contributed by atoms with Gasteiger partial charge in [0.25, 0.3) is 0 Å². The molecule has 8 heteroatoms. The van der Waals surface area contributed by atoms with Gasteiger partial charge in [-0.25, -0.2) is 4.98 Å². The third-order valence-electron chi connectivity index (χ3n) is 6.36. The molecule has 1 radical (unpaired) electrons. The SMILES string of the molecule is Cn1c2ccccc2c2c[c-]c(-c3cc4c5c(cccc5n3)C=C4)cc21.O=S(=O)(O)c1ccccn1.[Ir]. The second kappa shape index (κ2) is 9.65. The van der Waals surface area contributed by atoms with Crippen molar-refractivity contribution in [1.82, 2.24) is 14.5 Å². The van der Waals surface area contributed by atoms with Crippen LogP contribution >= 0.6 is 0 Å². The molecule has 1 aliphatic rings. The van der Waals surface area contributed by atoms with Crippen molar-refractivity contribution in [3.63, 3.8) is 0 Å². The van der Waals surface area contributed by atoms with Crippen molar-refractivity contribution >= 4 is 55.0 Å². The molecule has 7 rings (SSSR count). The molecule has 3 aromatic heterocycles. The molecule has 6 nitrogen and oxygen atoms in total. The summed E-state index contributed by atoms with van der Waals surface area (Å²) >= 11 is 0. The zero-order chi connectivity index (χ0) is 24.9. The van der Waals surface area contributed by atoms with Crippen LogP contribution in [0.5, 0.6) is 0 Å². The minimum atomic E-state index is -4.11. The van der Waals surface area contributed by atoms with Crippen LogP contribution in [0.15, 0.2) is 90.1 Å². The summed E-state index contributed by atoms with van der Waals surface area (Å²) in [5.74, 6) is 0. The average Bonchev–Trinajstić information content (AvgIpc) is 3.44. The Morgan fingerprint density at radius 1 is 0.865 bits per heavy atom. The van der Waals surface area contributed by atoms with Crippen molar-refractivity contribution in [2.75, 3.05) is 0 Å². The second-order valence-electron chi connectivity index (χ2n) is 8.54. The van der Waals surface area contributed by atoms with Gasteiger partial charge in [0, 0.05) is 44.3 Å². The van der Waals surface area contributed by atoms with Crippen LogP contribution in [-0.2, 0) is 37.3 Å². The Bertz CT molecular complexity index is 1930. The van der Waals surface area contributed by atoms with E-state index in [4.69, 9.17) is 9.54 Å². The van der Waals surface area contributed by atoms with E-state index in [1.807, 2.05) is 0 Å². The molecule has 0 spiro atoms. The smallest absolute Gasteiger partial charge is 0.312 e. The maximum atomic E-state index is 10.3. The van der Waals surface area contributed by atoms with Crippen molar-refractivity contribution in [2.24, 2.45) is 7.05 Å². The first-order chi connectivity index (χ1) is 17.4. The minimum absolute atomic E-state index is 0. The molecule has 0 saturated carbocycles. The zero-order valence-corrected chi connectivity index (χ0v) is 22.8. The molecule has 0 atom stereocenters. The predicted octanol–water partition coefficient (Wildman–Crippen LogP) is 6.16. The zero-order valence-electron chi connectivity index (χ0n) is 19.6. The van der Waals surface area contributed by atoms with E-state index in [9.17, 15) is 8.42 Å². The Balaban J connectivity index is 0.000000218. The van der Waals surface area contributed by atoms with Crippen molar-refractivity contribution in [3.8, 4) is 11.3 Å². The number of para-hydroxylation sites is 1. The molecule has 0 aliphatic heterocycles. The van der Waals surface area contributed by atoms with Gasteiger partial charge in [-0.1, -0.05) is 60.0 Å². The standard InChI is InChI=1S/C24H15N2.C5H5NO3S.Ir/c1-26-22-8-3-2-6-18(22)19-12-11-16(14-23(19)26)21-13-17-10-9-15-5-4-7-20(25-21)24(15)17;7-10(8,9)5-3-1-2-4-6-5;/h2-10,12-14H,1H3;1-4H,(H,7,8,9);/q-1;;. The molecule has 1 aliphatic carbocycles. The van der Waals surface area contributed by atoms with Crippen LogP contribution < -0.4 is 0 Å². The summed E-state index contributed by atoms with van der Waals surface area (Å²) in [5, 5.41) is 3.43. The first-order valence-corrected chi connectivity index (χ1v) is 12.7. The number of aromatic nitrogens is 3. The van der Waals surface area contributed by atoms with Gasteiger partial charge in [-0.05, 0) is 52.0 Å². The van der Waals surface area contributed by atoms with Gasteiger partial charge in [0.1, 0.15) is 0 Å². The molecule has 0 amide bonds. The molecular weight excluding hydrogens is 663 g/mol. The monoisotopic (exact) mass is 683 g/mol. The van der Waals surface area contributed by atoms with E-state index in [1.165, 1.54) is 56.6 Å². The summed E-state index contributed by atoms with van der Waals surface area (Å²) in [4.78, 5) is 8.33. The van der Waals surface area contributed by atoms with Crippen LogP contribution in [0.3, 0.4) is 0 Å². The van der Waals surface area contributed by atoms with E-state index >= 15 is 0 Å². The van der Waals surface area contributed by atoms with Gasteiger partial charge >= 0.3 is 10.1 Å². The maximum absolute atomic E-state index is 10.3. The van der Waals surface area contributed by atoms with Gasteiger partial charge in [-0.3, -0.25) is 9.54 Å². The Labute approximate surface area is 227 Å². The van der Waals surface area contributed by atoms with E-state index < -0.39 is 10.1 Å². The third-order valence-corrected chi connectivity index (χ3v) is 7.13. The number of hydrogen-bond acceptors (Lipinski definition) is 4. The van der Waals surface area contributed by atoms with Crippen molar-refractivity contribution in [3.05, 3.63) is 102 Å². The summed E-state index contributed by atoms with van der Waals surface area (Å²) < 4.78 is 31.3.